The second-order valence-corrected chi connectivity index (χ2v) is 9.93. The minimum absolute atomic E-state index is 0.00137. The Kier molecular flexibility index (Phi) is 8.01. The van der Waals surface area contributed by atoms with Gasteiger partial charge in [-0.3, -0.25) is 9.59 Å². The molecule has 1 saturated heterocycles. The van der Waals surface area contributed by atoms with E-state index in [1.165, 1.54) is 0 Å². The molecular weight excluding hydrogens is 436 g/mol. The SMILES string of the molecule is CC(C)CCNC(=O)[C@@H](C)C1CCN(C(=O)c2cn(-c3ccccc3)nc2-c2ccccc2)CC1. The molecule has 1 aromatic heterocycles. The standard InChI is InChI=1S/C29H36N4O2/c1-21(2)14-17-30-28(34)22(3)23-15-18-32(19-16-23)29(35)26-20-33(25-12-8-5-9-13-25)31-27(26)24-10-6-4-7-11-24/h4-13,20-23H,14-19H2,1-3H3,(H,30,34)/t22-/m0/s1. The maximum atomic E-state index is 13.6. The van der Waals surface area contributed by atoms with E-state index in [0.29, 0.717) is 36.2 Å². The average molecular weight is 473 g/mol. The molecule has 184 valence electrons. The molecular formula is C29H36N4O2. The molecule has 2 amide bonds. The summed E-state index contributed by atoms with van der Waals surface area (Å²) in [6, 6.07) is 19.7. The van der Waals surface area contributed by atoms with Gasteiger partial charge in [0.2, 0.25) is 5.91 Å². The van der Waals surface area contributed by atoms with Gasteiger partial charge in [-0.15, -0.1) is 0 Å². The lowest BCUT2D eigenvalue weighted by Gasteiger charge is -2.34. The van der Waals surface area contributed by atoms with Crippen molar-refractivity contribution in [3.05, 3.63) is 72.4 Å². The van der Waals surface area contributed by atoms with Gasteiger partial charge < -0.3 is 10.2 Å². The van der Waals surface area contributed by atoms with Crippen molar-refractivity contribution in [2.75, 3.05) is 19.6 Å². The number of nitrogens with one attached hydrogen (secondary N) is 1. The van der Waals surface area contributed by atoms with Gasteiger partial charge in [-0.05, 0) is 43.2 Å². The molecule has 3 aromatic rings. The Morgan fingerprint density at radius 2 is 1.60 bits per heavy atom. The summed E-state index contributed by atoms with van der Waals surface area (Å²) < 4.78 is 1.78. The zero-order valence-electron chi connectivity index (χ0n) is 21.0. The van der Waals surface area contributed by atoms with Crippen LogP contribution in [0.1, 0.15) is 50.4 Å². The van der Waals surface area contributed by atoms with Crippen LogP contribution in [0.25, 0.3) is 16.9 Å². The number of nitrogens with zero attached hydrogens (tertiary/aromatic N) is 3. The average Bonchev–Trinajstić information content (AvgIpc) is 3.34. The molecule has 2 aromatic carbocycles. The van der Waals surface area contributed by atoms with Crippen molar-refractivity contribution in [3.63, 3.8) is 0 Å². The van der Waals surface area contributed by atoms with Gasteiger partial charge in [-0.2, -0.15) is 5.10 Å². The first-order valence-corrected chi connectivity index (χ1v) is 12.7. The molecule has 6 nitrogen and oxygen atoms in total. The summed E-state index contributed by atoms with van der Waals surface area (Å²) >= 11 is 0. The lowest BCUT2D eigenvalue weighted by Crippen LogP contribution is -2.43. The van der Waals surface area contributed by atoms with E-state index in [0.717, 1.165) is 37.1 Å². The first-order chi connectivity index (χ1) is 16.9. The van der Waals surface area contributed by atoms with Gasteiger partial charge in [0, 0.05) is 37.3 Å². The number of piperidine rings is 1. The molecule has 0 bridgehead atoms. The maximum Gasteiger partial charge on any atom is 0.257 e. The van der Waals surface area contributed by atoms with Crippen LogP contribution in [-0.4, -0.2) is 46.1 Å². The van der Waals surface area contributed by atoms with Crippen LogP contribution in [0.15, 0.2) is 66.9 Å². The van der Waals surface area contributed by atoms with Crippen LogP contribution in [0.3, 0.4) is 0 Å². The predicted octanol–water partition coefficient (Wildman–Crippen LogP) is 5.19. The van der Waals surface area contributed by atoms with Gasteiger partial charge >= 0.3 is 0 Å². The van der Waals surface area contributed by atoms with Gasteiger partial charge in [0.1, 0.15) is 5.69 Å². The molecule has 1 atom stereocenters. The van der Waals surface area contributed by atoms with Crippen LogP contribution in [0.2, 0.25) is 0 Å². The fourth-order valence-electron chi connectivity index (χ4n) is 4.68. The lowest BCUT2D eigenvalue weighted by molar-refractivity contribution is -0.126. The Morgan fingerprint density at radius 3 is 2.23 bits per heavy atom. The lowest BCUT2D eigenvalue weighted by atomic mass is 9.84. The zero-order chi connectivity index (χ0) is 24.8. The topological polar surface area (TPSA) is 67.2 Å². The number of rotatable bonds is 8. The Balaban J connectivity index is 1.46. The highest BCUT2D eigenvalue weighted by Crippen LogP contribution is 2.29. The number of amides is 2. The Hall–Kier alpha value is -3.41. The number of aromatic nitrogens is 2. The molecule has 0 aliphatic carbocycles. The highest BCUT2D eigenvalue weighted by atomic mass is 16.2. The smallest absolute Gasteiger partial charge is 0.257 e. The first kappa shape index (κ1) is 24.7. The van der Waals surface area contributed by atoms with Gasteiger partial charge in [0.15, 0.2) is 0 Å². The van der Waals surface area contributed by atoms with Crippen LogP contribution < -0.4 is 5.32 Å². The second kappa shape index (κ2) is 11.3. The van der Waals surface area contributed by atoms with E-state index in [-0.39, 0.29) is 17.7 Å². The summed E-state index contributed by atoms with van der Waals surface area (Å²) in [6.45, 7) is 8.37. The van der Waals surface area contributed by atoms with E-state index in [9.17, 15) is 9.59 Å². The molecule has 6 heteroatoms. The van der Waals surface area contributed by atoms with Crippen molar-refractivity contribution in [2.24, 2.45) is 17.8 Å². The van der Waals surface area contributed by atoms with Crippen LogP contribution in [0.5, 0.6) is 0 Å². The molecule has 35 heavy (non-hydrogen) atoms. The number of carbonyl (C=O) groups is 2. The highest BCUT2D eigenvalue weighted by Gasteiger charge is 2.31. The van der Waals surface area contributed by atoms with Gasteiger partial charge in [0.05, 0.1) is 11.3 Å². The molecule has 1 N–H and O–H groups in total. The number of hydrogen-bond donors (Lipinski definition) is 1. The van der Waals surface area contributed by atoms with Crippen molar-refractivity contribution in [1.82, 2.24) is 20.0 Å². The molecule has 1 aliphatic rings. The molecule has 0 spiro atoms. The Morgan fingerprint density at radius 1 is 0.971 bits per heavy atom. The highest BCUT2D eigenvalue weighted by molar-refractivity contribution is 6.00. The fourth-order valence-corrected chi connectivity index (χ4v) is 4.68. The van der Waals surface area contributed by atoms with Crippen LogP contribution in [0, 0.1) is 17.8 Å². The van der Waals surface area contributed by atoms with Crippen LogP contribution >= 0.6 is 0 Å². The Labute approximate surface area is 208 Å². The zero-order valence-corrected chi connectivity index (χ0v) is 21.0. The normalized spacial score (nSPS) is 15.3. The van der Waals surface area contributed by atoms with Crippen molar-refractivity contribution < 1.29 is 9.59 Å². The van der Waals surface area contributed by atoms with E-state index >= 15 is 0 Å². The summed E-state index contributed by atoms with van der Waals surface area (Å²) in [5.74, 6) is 0.954. The Bertz CT molecular complexity index is 1120. The number of likely N-dealkylation sites (tertiary alicyclic amines) is 1. The molecule has 0 saturated carbocycles. The number of carbonyl (C=O) groups excluding carboxylic acids is 2. The second-order valence-electron chi connectivity index (χ2n) is 9.93. The summed E-state index contributed by atoms with van der Waals surface area (Å²) in [5, 5.41) is 7.87. The third-order valence-corrected chi connectivity index (χ3v) is 6.98. The summed E-state index contributed by atoms with van der Waals surface area (Å²) in [5.41, 5.74) is 3.14. The predicted molar refractivity (Wildman–Crippen MR) is 139 cm³/mol. The minimum atomic E-state index is -0.0416. The van der Waals surface area contributed by atoms with Crippen LogP contribution in [0.4, 0.5) is 0 Å². The first-order valence-electron chi connectivity index (χ1n) is 12.7. The third-order valence-electron chi connectivity index (χ3n) is 6.98. The quantitative estimate of drug-likeness (QED) is 0.491. The fraction of sp³-hybridized carbons (Fsp3) is 0.414. The number of para-hydroxylation sites is 1. The van der Waals surface area contributed by atoms with E-state index in [2.05, 4.69) is 19.2 Å². The number of hydrogen-bond acceptors (Lipinski definition) is 3. The summed E-state index contributed by atoms with van der Waals surface area (Å²) in [6.07, 6.45) is 4.50. The van der Waals surface area contributed by atoms with E-state index in [1.54, 1.807) is 4.68 Å². The molecule has 1 fully saturated rings. The summed E-state index contributed by atoms with van der Waals surface area (Å²) in [7, 11) is 0. The largest absolute Gasteiger partial charge is 0.356 e. The van der Waals surface area contributed by atoms with Crippen molar-refractivity contribution in [2.45, 2.75) is 40.0 Å². The molecule has 0 radical (unpaired) electrons. The van der Waals surface area contributed by atoms with Gasteiger partial charge in [-0.25, -0.2) is 4.68 Å². The minimum Gasteiger partial charge on any atom is -0.356 e. The monoisotopic (exact) mass is 472 g/mol. The van der Waals surface area contributed by atoms with Crippen molar-refractivity contribution in [1.29, 1.82) is 0 Å². The third kappa shape index (κ3) is 5.99. The van der Waals surface area contributed by atoms with Gasteiger partial charge in [0.25, 0.3) is 5.91 Å². The van der Waals surface area contributed by atoms with E-state index < -0.39 is 0 Å². The molecule has 2 heterocycles. The molecule has 1 aliphatic heterocycles. The number of benzene rings is 2. The van der Waals surface area contributed by atoms with Gasteiger partial charge in [-0.1, -0.05) is 69.3 Å². The van der Waals surface area contributed by atoms with E-state index in [1.807, 2.05) is 78.7 Å². The molecule has 0 unspecified atom stereocenters. The molecule has 4 rings (SSSR count). The van der Waals surface area contributed by atoms with Crippen molar-refractivity contribution in [3.8, 4) is 16.9 Å². The van der Waals surface area contributed by atoms with Crippen molar-refractivity contribution >= 4 is 11.8 Å². The summed E-state index contributed by atoms with van der Waals surface area (Å²) in [4.78, 5) is 28.2. The maximum absolute atomic E-state index is 13.6. The van der Waals surface area contributed by atoms with E-state index in [4.69, 9.17) is 5.10 Å². The van der Waals surface area contributed by atoms with Crippen LogP contribution in [-0.2, 0) is 4.79 Å².